The zero-order valence-electron chi connectivity index (χ0n) is 9.50. The number of halogens is 3. The molecule has 1 aliphatic heterocycles. The molecule has 1 aliphatic rings. The minimum absolute atomic E-state index is 0.0260. The summed E-state index contributed by atoms with van der Waals surface area (Å²) in [4.78, 5) is 3.11. The van der Waals surface area contributed by atoms with Gasteiger partial charge in [0.25, 0.3) is 5.95 Å². The largest absolute Gasteiger partial charge is 0.361 e. The van der Waals surface area contributed by atoms with E-state index in [9.17, 15) is 21.6 Å². The number of rotatable bonds is 2. The quantitative estimate of drug-likeness (QED) is 0.834. The fraction of sp³-hybridized carbons (Fsp3) is 0.500. The van der Waals surface area contributed by atoms with E-state index in [4.69, 9.17) is 0 Å². The van der Waals surface area contributed by atoms with E-state index in [-0.39, 0.29) is 17.9 Å². The summed E-state index contributed by atoms with van der Waals surface area (Å²) in [7, 11) is -3.19. The number of aromatic nitrogens is 1. The van der Waals surface area contributed by atoms with E-state index in [2.05, 4.69) is 10.3 Å². The van der Waals surface area contributed by atoms with Crippen LogP contribution in [0.25, 0.3) is 0 Å². The number of sulfone groups is 1. The average Bonchev–Trinajstić information content (AvgIpc) is 2.50. The summed E-state index contributed by atoms with van der Waals surface area (Å²) in [5.41, 5.74) is -0.920. The third-order valence-corrected chi connectivity index (χ3v) is 4.71. The lowest BCUT2D eigenvalue weighted by molar-refractivity contribution is 0.462. The van der Waals surface area contributed by atoms with E-state index in [0.717, 1.165) is 0 Å². The van der Waals surface area contributed by atoms with Crippen LogP contribution in [0.5, 0.6) is 0 Å². The zero-order chi connectivity index (χ0) is 13.6. The van der Waals surface area contributed by atoms with E-state index < -0.39 is 38.8 Å². The molecule has 100 valence electrons. The predicted molar refractivity (Wildman–Crippen MR) is 59.4 cm³/mol. The van der Waals surface area contributed by atoms with Gasteiger partial charge >= 0.3 is 0 Å². The second kappa shape index (κ2) is 4.11. The molecule has 1 aromatic rings. The van der Waals surface area contributed by atoms with Crippen LogP contribution in [0.4, 0.5) is 19.0 Å². The molecular weight excluding hydrogens is 269 g/mol. The molecule has 0 radical (unpaired) electrons. The van der Waals surface area contributed by atoms with Gasteiger partial charge < -0.3 is 5.32 Å². The first-order valence-corrected chi connectivity index (χ1v) is 7.03. The number of hydrogen-bond donors (Lipinski definition) is 1. The SMILES string of the molecule is CC1(Nc2nc(F)c(F)cc2F)CCS(=O)(=O)C1. The van der Waals surface area contributed by atoms with Gasteiger partial charge in [-0.3, -0.25) is 0 Å². The molecule has 1 saturated heterocycles. The molecule has 18 heavy (non-hydrogen) atoms. The van der Waals surface area contributed by atoms with E-state index >= 15 is 0 Å². The summed E-state index contributed by atoms with van der Waals surface area (Å²) in [6.45, 7) is 1.57. The van der Waals surface area contributed by atoms with Crippen LogP contribution in [0.15, 0.2) is 6.07 Å². The normalized spacial score (nSPS) is 26.2. The van der Waals surface area contributed by atoms with Crippen molar-refractivity contribution in [1.82, 2.24) is 4.98 Å². The Hall–Kier alpha value is -1.31. The van der Waals surface area contributed by atoms with E-state index in [1.165, 1.54) is 0 Å². The molecule has 0 bridgehead atoms. The van der Waals surface area contributed by atoms with Crippen molar-refractivity contribution in [3.63, 3.8) is 0 Å². The van der Waals surface area contributed by atoms with E-state index in [1.54, 1.807) is 6.92 Å². The second-order valence-electron chi connectivity index (χ2n) is 4.62. The highest BCUT2D eigenvalue weighted by Gasteiger charge is 2.39. The molecule has 1 fully saturated rings. The van der Waals surface area contributed by atoms with Crippen molar-refractivity contribution in [1.29, 1.82) is 0 Å². The van der Waals surface area contributed by atoms with Gasteiger partial charge in [0, 0.05) is 6.07 Å². The molecule has 2 rings (SSSR count). The van der Waals surface area contributed by atoms with Crippen LogP contribution in [0.2, 0.25) is 0 Å². The first-order valence-electron chi connectivity index (χ1n) is 5.21. The lowest BCUT2D eigenvalue weighted by Gasteiger charge is -2.24. The second-order valence-corrected chi connectivity index (χ2v) is 6.80. The molecular formula is C10H11F3N2O2S. The lowest BCUT2D eigenvalue weighted by Crippen LogP contribution is -2.36. The molecule has 0 aromatic carbocycles. The van der Waals surface area contributed by atoms with Crippen LogP contribution in [0.1, 0.15) is 13.3 Å². The van der Waals surface area contributed by atoms with Gasteiger partial charge in [-0.25, -0.2) is 17.2 Å². The predicted octanol–water partition coefficient (Wildman–Crippen LogP) is 1.49. The average molecular weight is 280 g/mol. The minimum atomic E-state index is -3.19. The van der Waals surface area contributed by atoms with Crippen LogP contribution >= 0.6 is 0 Å². The van der Waals surface area contributed by atoms with Gasteiger partial charge in [0.2, 0.25) is 0 Å². The Morgan fingerprint density at radius 1 is 1.33 bits per heavy atom. The fourth-order valence-electron chi connectivity index (χ4n) is 1.93. The minimum Gasteiger partial charge on any atom is -0.361 e. The van der Waals surface area contributed by atoms with Crippen molar-refractivity contribution in [2.24, 2.45) is 0 Å². The number of nitrogens with zero attached hydrogens (tertiary/aromatic N) is 1. The van der Waals surface area contributed by atoms with Crippen molar-refractivity contribution < 1.29 is 21.6 Å². The zero-order valence-corrected chi connectivity index (χ0v) is 10.3. The maximum absolute atomic E-state index is 13.4. The van der Waals surface area contributed by atoms with Gasteiger partial charge in [-0.05, 0) is 13.3 Å². The molecule has 1 aromatic heterocycles. The summed E-state index contributed by atoms with van der Waals surface area (Å²) in [6.07, 6.45) is 0.259. The van der Waals surface area contributed by atoms with Crippen LogP contribution in [-0.2, 0) is 9.84 Å². The van der Waals surface area contributed by atoms with Gasteiger partial charge in [0.15, 0.2) is 27.3 Å². The molecule has 8 heteroatoms. The highest BCUT2D eigenvalue weighted by atomic mass is 32.2. The third kappa shape index (κ3) is 2.58. The molecule has 0 amide bonds. The summed E-state index contributed by atoms with van der Waals surface area (Å²) in [6, 6.07) is 0.372. The van der Waals surface area contributed by atoms with Crippen LogP contribution in [-0.4, -0.2) is 30.4 Å². The van der Waals surface area contributed by atoms with Gasteiger partial charge in [-0.1, -0.05) is 0 Å². The Morgan fingerprint density at radius 2 is 2.00 bits per heavy atom. The highest BCUT2D eigenvalue weighted by molar-refractivity contribution is 7.91. The maximum Gasteiger partial charge on any atom is 0.251 e. The van der Waals surface area contributed by atoms with Gasteiger partial charge in [-0.2, -0.15) is 9.37 Å². The van der Waals surface area contributed by atoms with Gasteiger partial charge in [-0.15, -0.1) is 0 Å². The Bertz CT molecular complexity index is 591. The van der Waals surface area contributed by atoms with Crippen molar-refractivity contribution in [3.8, 4) is 0 Å². The van der Waals surface area contributed by atoms with Crippen LogP contribution in [0.3, 0.4) is 0 Å². The molecule has 1 unspecified atom stereocenters. The number of hydrogen-bond acceptors (Lipinski definition) is 4. The Kier molecular flexibility index (Phi) is 3.00. The van der Waals surface area contributed by atoms with E-state index in [0.29, 0.717) is 6.07 Å². The van der Waals surface area contributed by atoms with Crippen molar-refractivity contribution in [2.75, 3.05) is 16.8 Å². The monoisotopic (exact) mass is 280 g/mol. The first kappa shape index (κ1) is 13.1. The first-order chi connectivity index (χ1) is 8.21. The van der Waals surface area contributed by atoms with Crippen molar-refractivity contribution in [2.45, 2.75) is 18.9 Å². The molecule has 0 aliphatic carbocycles. The third-order valence-electron chi connectivity index (χ3n) is 2.81. The molecule has 1 atom stereocenters. The topological polar surface area (TPSA) is 59.1 Å². The van der Waals surface area contributed by atoms with Crippen LogP contribution < -0.4 is 5.32 Å². The smallest absolute Gasteiger partial charge is 0.251 e. The number of anilines is 1. The Labute approximate surface area is 102 Å². The van der Waals surface area contributed by atoms with Gasteiger partial charge in [0.05, 0.1) is 17.0 Å². The molecule has 1 N–H and O–H groups in total. The van der Waals surface area contributed by atoms with Crippen LogP contribution in [0, 0.1) is 17.6 Å². The highest BCUT2D eigenvalue weighted by Crippen LogP contribution is 2.28. The number of nitrogens with one attached hydrogen (secondary N) is 1. The van der Waals surface area contributed by atoms with Gasteiger partial charge in [0.1, 0.15) is 0 Å². The Morgan fingerprint density at radius 3 is 2.56 bits per heavy atom. The lowest BCUT2D eigenvalue weighted by atomic mass is 10.0. The van der Waals surface area contributed by atoms with E-state index in [1.807, 2.05) is 0 Å². The summed E-state index contributed by atoms with van der Waals surface area (Å²) < 4.78 is 61.7. The molecule has 4 nitrogen and oxygen atoms in total. The van der Waals surface area contributed by atoms with Crippen molar-refractivity contribution in [3.05, 3.63) is 23.6 Å². The standard InChI is InChI=1S/C10H11F3N2O2S/c1-10(2-3-18(16,17)5-10)15-9-7(12)4-6(11)8(13)14-9/h4H,2-3,5H2,1H3,(H,14,15). The fourth-order valence-corrected chi connectivity index (χ4v) is 4.02. The summed E-state index contributed by atoms with van der Waals surface area (Å²) >= 11 is 0. The summed E-state index contributed by atoms with van der Waals surface area (Å²) in [5, 5.41) is 2.54. The maximum atomic E-state index is 13.4. The molecule has 2 heterocycles. The van der Waals surface area contributed by atoms with Crippen molar-refractivity contribution >= 4 is 15.7 Å². The summed E-state index contributed by atoms with van der Waals surface area (Å²) in [5.74, 6) is -4.57. The molecule has 0 spiro atoms. The Balaban J connectivity index is 2.28. The number of pyridine rings is 1. The molecule has 0 saturated carbocycles.